The molecule has 0 fully saturated rings. The van der Waals surface area contributed by atoms with Crippen molar-refractivity contribution in [2.75, 3.05) is 19.1 Å². The Morgan fingerprint density at radius 3 is 2.64 bits per heavy atom. The lowest BCUT2D eigenvalue weighted by atomic mass is 10.4. The molecule has 0 bridgehead atoms. The third-order valence-electron chi connectivity index (χ3n) is 2.60. The van der Waals surface area contributed by atoms with Gasteiger partial charge < -0.3 is 10.5 Å². The number of aromatic nitrogens is 7. The molecule has 11 nitrogen and oxygen atoms in total. The van der Waals surface area contributed by atoms with Crippen LogP contribution in [0.5, 0.6) is 5.88 Å². The number of nitrogen functional groups attached to an aromatic ring is 1. The van der Waals surface area contributed by atoms with Gasteiger partial charge in [-0.2, -0.15) is 19.5 Å². The first kappa shape index (κ1) is 14.1. The van der Waals surface area contributed by atoms with Gasteiger partial charge in [0.2, 0.25) is 27.5 Å². The lowest BCUT2D eigenvalue weighted by Gasteiger charge is -1.99. The summed E-state index contributed by atoms with van der Waals surface area (Å²) in [5.74, 6) is 0.290. The van der Waals surface area contributed by atoms with Gasteiger partial charge in [-0.15, -0.1) is 5.10 Å². The molecule has 0 aliphatic rings. The van der Waals surface area contributed by atoms with E-state index in [1.54, 1.807) is 0 Å². The Balaban J connectivity index is 2.19. The predicted octanol–water partition coefficient (Wildman–Crippen LogP) is -1.03. The summed E-state index contributed by atoms with van der Waals surface area (Å²) in [5, 5.41) is 3.66. The van der Waals surface area contributed by atoms with Crippen LogP contribution in [0.4, 0.5) is 5.95 Å². The van der Waals surface area contributed by atoms with Gasteiger partial charge in [0.15, 0.2) is 0 Å². The fourth-order valence-electron chi connectivity index (χ4n) is 1.61. The highest BCUT2D eigenvalue weighted by atomic mass is 32.2. The van der Waals surface area contributed by atoms with Gasteiger partial charge >= 0.3 is 0 Å². The Kier molecular flexibility index (Phi) is 3.09. The molecule has 0 saturated carbocycles. The van der Waals surface area contributed by atoms with Crippen LogP contribution in [-0.4, -0.2) is 56.3 Å². The van der Waals surface area contributed by atoms with E-state index in [9.17, 15) is 8.42 Å². The van der Waals surface area contributed by atoms with E-state index in [4.69, 9.17) is 10.5 Å². The summed E-state index contributed by atoms with van der Waals surface area (Å²) in [4.78, 5) is 19.7. The summed E-state index contributed by atoms with van der Waals surface area (Å²) in [7, 11) is -2.16. The van der Waals surface area contributed by atoms with Gasteiger partial charge in [0, 0.05) is 6.26 Å². The summed E-state index contributed by atoms with van der Waals surface area (Å²) in [5.41, 5.74) is 6.01. The standard InChI is InChI=1S/C10H10N8O3S/c1-21-6-4-12-3-5(13-6)7-14-9-16-10(22(2,19)20)15-8(11)18(9)17-7/h3-4H,1-2H3,(H2,11,14,15,16,17). The highest BCUT2D eigenvalue weighted by Gasteiger charge is 2.18. The summed E-state index contributed by atoms with van der Waals surface area (Å²) >= 11 is 0. The number of methoxy groups -OCH3 is 1. The van der Waals surface area contributed by atoms with Gasteiger partial charge in [0.1, 0.15) is 5.69 Å². The second-order valence-electron chi connectivity index (χ2n) is 4.23. The normalized spacial score (nSPS) is 11.7. The first-order valence-electron chi connectivity index (χ1n) is 5.85. The fraction of sp³-hybridized carbons (Fsp3) is 0.200. The molecule has 22 heavy (non-hydrogen) atoms. The second-order valence-corrected chi connectivity index (χ2v) is 6.14. The number of sulfone groups is 1. The third kappa shape index (κ3) is 2.39. The molecule has 0 aliphatic heterocycles. The maximum Gasteiger partial charge on any atom is 0.258 e. The topological polar surface area (TPSA) is 151 Å². The first-order chi connectivity index (χ1) is 10.4. The van der Waals surface area contributed by atoms with Crippen molar-refractivity contribution in [2.24, 2.45) is 0 Å². The van der Waals surface area contributed by atoms with Crippen LogP contribution >= 0.6 is 0 Å². The van der Waals surface area contributed by atoms with Gasteiger partial charge in [-0.3, -0.25) is 4.98 Å². The molecule has 0 saturated heterocycles. The van der Waals surface area contributed by atoms with E-state index in [0.717, 1.165) is 10.8 Å². The zero-order valence-electron chi connectivity index (χ0n) is 11.5. The molecule has 12 heteroatoms. The van der Waals surface area contributed by atoms with Crippen LogP contribution in [0.3, 0.4) is 0 Å². The molecule has 0 aromatic carbocycles. The van der Waals surface area contributed by atoms with Crippen molar-refractivity contribution in [3.05, 3.63) is 12.4 Å². The molecule has 0 aliphatic carbocycles. The number of fused-ring (bicyclic) bond motifs is 1. The van der Waals surface area contributed by atoms with Crippen molar-refractivity contribution in [1.29, 1.82) is 0 Å². The average Bonchev–Trinajstić information content (AvgIpc) is 2.91. The van der Waals surface area contributed by atoms with Gasteiger partial charge in [-0.1, -0.05) is 0 Å². The minimum Gasteiger partial charge on any atom is -0.480 e. The maximum atomic E-state index is 11.5. The zero-order chi connectivity index (χ0) is 15.9. The number of hydrogen-bond acceptors (Lipinski definition) is 10. The molecular formula is C10H10N8O3S. The van der Waals surface area contributed by atoms with Crippen LogP contribution < -0.4 is 10.5 Å². The predicted molar refractivity (Wildman–Crippen MR) is 73.7 cm³/mol. The Bertz CT molecular complexity index is 967. The largest absolute Gasteiger partial charge is 0.480 e. The molecule has 3 aromatic rings. The quantitative estimate of drug-likeness (QED) is 0.633. The van der Waals surface area contributed by atoms with Crippen LogP contribution in [0.15, 0.2) is 17.6 Å². The molecule has 114 valence electrons. The highest BCUT2D eigenvalue weighted by Crippen LogP contribution is 2.16. The zero-order valence-corrected chi connectivity index (χ0v) is 12.3. The summed E-state index contributed by atoms with van der Waals surface area (Å²) in [6, 6.07) is 0. The SMILES string of the molecule is COc1cncc(-c2nc3nc(S(C)(=O)=O)nc(N)n3n2)n1. The molecule has 0 spiro atoms. The molecule has 0 radical (unpaired) electrons. The number of nitrogens with zero attached hydrogens (tertiary/aromatic N) is 7. The van der Waals surface area contributed by atoms with Gasteiger partial charge in [0.25, 0.3) is 10.9 Å². The number of ether oxygens (including phenoxy) is 1. The smallest absolute Gasteiger partial charge is 0.258 e. The molecule has 0 atom stereocenters. The Morgan fingerprint density at radius 1 is 1.18 bits per heavy atom. The van der Waals surface area contributed by atoms with Gasteiger partial charge in [-0.05, 0) is 0 Å². The van der Waals surface area contributed by atoms with Gasteiger partial charge in [-0.25, -0.2) is 13.4 Å². The second kappa shape index (κ2) is 4.84. The monoisotopic (exact) mass is 322 g/mol. The van der Waals surface area contributed by atoms with E-state index < -0.39 is 15.0 Å². The maximum absolute atomic E-state index is 11.5. The van der Waals surface area contributed by atoms with Crippen molar-refractivity contribution >= 4 is 21.6 Å². The minimum absolute atomic E-state index is 0.00690. The number of rotatable bonds is 3. The fourth-order valence-corrected chi connectivity index (χ4v) is 2.12. The van der Waals surface area contributed by atoms with Crippen molar-refractivity contribution < 1.29 is 13.2 Å². The molecule has 0 amide bonds. The molecule has 3 rings (SSSR count). The Hall–Kier alpha value is -2.89. The van der Waals surface area contributed by atoms with E-state index >= 15 is 0 Å². The number of nitrogens with two attached hydrogens (primary N) is 1. The molecule has 2 N–H and O–H groups in total. The van der Waals surface area contributed by atoms with Crippen LogP contribution in [0.2, 0.25) is 0 Å². The summed E-state index contributed by atoms with van der Waals surface area (Å²) in [6.45, 7) is 0. The van der Waals surface area contributed by atoms with Crippen LogP contribution in [0.1, 0.15) is 0 Å². The third-order valence-corrected chi connectivity index (χ3v) is 3.44. The number of anilines is 1. The molecular weight excluding hydrogens is 312 g/mol. The minimum atomic E-state index is -3.61. The Morgan fingerprint density at radius 2 is 1.95 bits per heavy atom. The van der Waals surface area contributed by atoms with Crippen LogP contribution in [0.25, 0.3) is 17.3 Å². The average molecular weight is 322 g/mol. The first-order valence-corrected chi connectivity index (χ1v) is 7.74. The summed E-state index contributed by atoms with van der Waals surface area (Å²) in [6.07, 6.45) is 3.83. The van der Waals surface area contributed by atoms with Crippen molar-refractivity contribution in [1.82, 2.24) is 34.5 Å². The van der Waals surface area contributed by atoms with E-state index in [2.05, 4.69) is 30.0 Å². The van der Waals surface area contributed by atoms with Crippen molar-refractivity contribution in [3.63, 3.8) is 0 Å². The van der Waals surface area contributed by atoms with E-state index in [1.807, 2.05) is 0 Å². The van der Waals surface area contributed by atoms with E-state index in [1.165, 1.54) is 19.5 Å². The highest BCUT2D eigenvalue weighted by molar-refractivity contribution is 7.90. The van der Waals surface area contributed by atoms with E-state index in [-0.39, 0.29) is 23.4 Å². The van der Waals surface area contributed by atoms with Crippen molar-refractivity contribution in [3.8, 4) is 17.4 Å². The molecule has 0 unspecified atom stereocenters. The lowest BCUT2D eigenvalue weighted by molar-refractivity contribution is 0.396. The van der Waals surface area contributed by atoms with Crippen molar-refractivity contribution in [2.45, 2.75) is 5.16 Å². The van der Waals surface area contributed by atoms with Crippen LogP contribution in [0, 0.1) is 0 Å². The molecule has 3 aromatic heterocycles. The lowest BCUT2D eigenvalue weighted by Crippen LogP contribution is -2.11. The van der Waals surface area contributed by atoms with Gasteiger partial charge in [0.05, 0.1) is 19.5 Å². The van der Waals surface area contributed by atoms with E-state index in [0.29, 0.717) is 5.69 Å². The van der Waals surface area contributed by atoms with Crippen LogP contribution in [-0.2, 0) is 9.84 Å². The Labute approximate surface area is 124 Å². The summed E-state index contributed by atoms with van der Waals surface area (Å²) < 4.78 is 29.1. The molecule has 3 heterocycles. The number of hydrogen-bond donors (Lipinski definition) is 1.